The fourth-order valence-electron chi connectivity index (χ4n) is 1.07. The first-order valence-electron chi connectivity index (χ1n) is 5.39. The Labute approximate surface area is 111 Å². The molecule has 0 aliphatic heterocycles. The number of hydrogen-bond acceptors (Lipinski definition) is 5. The Morgan fingerprint density at radius 2 is 2.11 bits per heavy atom. The average molecular weight is 297 g/mol. The van der Waals surface area contributed by atoms with E-state index in [1.807, 2.05) is 13.8 Å². The van der Waals surface area contributed by atoms with Crippen LogP contribution in [0.25, 0.3) is 0 Å². The number of nitrogens with one attached hydrogen (secondary N) is 1. The lowest BCUT2D eigenvalue weighted by molar-refractivity contribution is -0.146. The number of hydrogen-bond donors (Lipinski definition) is 2. The van der Waals surface area contributed by atoms with Gasteiger partial charge in [0.25, 0.3) is 5.82 Å². The van der Waals surface area contributed by atoms with E-state index in [0.29, 0.717) is 17.1 Å². The highest BCUT2D eigenvalue weighted by atomic mass is 32.2. The number of alkyl halides is 3. The predicted octanol–water partition coefficient (Wildman–Crippen LogP) is 0.875. The highest BCUT2D eigenvalue weighted by molar-refractivity contribution is 7.99. The summed E-state index contributed by atoms with van der Waals surface area (Å²) in [5.74, 6) is 3.85. The molecule has 0 radical (unpaired) electrons. The van der Waals surface area contributed by atoms with Gasteiger partial charge in [-0.1, -0.05) is 25.6 Å². The van der Waals surface area contributed by atoms with Crippen LogP contribution in [0.15, 0.2) is 5.16 Å². The predicted molar refractivity (Wildman–Crippen MR) is 63.7 cm³/mol. The highest BCUT2D eigenvalue weighted by Crippen LogP contribution is 2.28. The minimum Gasteiger partial charge on any atom is -0.355 e. The highest BCUT2D eigenvalue weighted by Gasteiger charge is 2.38. The van der Waals surface area contributed by atoms with Crippen molar-refractivity contribution in [3.8, 4) is 0 Å². The number of aromatic nitrogens is 3. The van der Waals surface area contributed by atoms with Crippen LogP contribution in [0, 0.1) is 5.92 Å². The standard InChI is InChI=1S/C9H14F3N5OS/c1-5(2)3-14-6(18)4-19-8-16-15-7(17(8)13)9(10,11)12/h5H,3-4,13H2,1-2H3,(H,14,18). The zero-order chi connectivity index (χ0) is 14.6. The Bertz CT molecular complexity index is 446. The van der Waals surface area contributed by atoms with Crippen LogP contribution >= 0.6 is 11.8 Å². The number of amides is 1. The van der Waals surface area contributed by atoms with E-state index in [2.05, 4.69) is 15.5 Å². The number of carbonyl (C=O) groups excluding carboxylic acids is 1. The van der Waals surface area contributed by atoms with Crippen molar-refractivity contribution in [2.75, 3.05) is 18.1 Å². The molecule has 0 aliphatic carbocycles. The van der Waals surface area contributed by atoms with Crippen LogP contribution in [0.5, 0.6) is 0 Å². The summed E-state index contributed by atoms with van der Waals surface area (Å²) in [6.07, 6.45) is -4.67. The monoisotopic (exact) mass is 297 g/mol. The van der Waals surface area contributed by atoms with Crippen molar-refractivity contribution in [3.05, 3.63) is 5.82 Å². The van der Waals surface area contributed by atoms with E-state index in [1.54, 1.807) is 0 Å². The summed E-state index contributed by atoms with van der Waals surface area (Å²) >= 11 is 0.796. The fourth-order valence-corrected chi connectivity index (χ4v) is 1.75. The number of rotatable bonds is 5. The molecule has 0 fully saturated rings. The Balaban J connectivity index is 2.55. The van der Waals surface area contributed by atoms with E-state index >= 15 is 0 Å². The summed E-state index contributed by atoms with van der Waals surface area (Å²) in [6.45, 7) is 4.36. The van der Waals surface area contributed by atoms with Crippen molar-refractivity contribution < 1.29 is 18.0 Å². The number of thioether (sulfide) groups is 1. The summed E-state index contributed by atoms with van der Waals surface area (Å²) < 4.78 is 37.5. The second-order valence-corrected chi connectivity index (χ2v) is 5.10. The largest absolute Gasteiger partial charge is 0.453 e. The molecular weight excluding hydrogens is 283 g/mol. The maximum atomic E-state index is 12.4. The SMILES string of the molecule is CC(C)CNC(=O)CSc1nnc(C(F)(F)F)n1N. The zero-order valence-corrected chi connectivity index (χ0v) is 11.2. The minimum atomic E-state index is -4.67. The van der Waals surface area contributed by atoms with E-state index < -0.39 is 12.0 Å². The van der Waals surface area contributed by atoms with Gasteiger partial charge in [0.2, 0.25) is 11.1 Å². The van der Waals surface area contributed by atoms with Crippen molar-refractivity contribution in [2.45, 2.75) is 25.2 Å². The van der Waals surface area contributed by atoms with Gasteiger partial charge >= 0.3 is 6.18 Å². The molecule has 19 heavy (non-hydrogen) atoms. The topological polar surface area (TPSA) is 85.8 Å². The lowest BCUT2D eigenvalue weighted by atomic mass is 10.2. The molecule has 3 N–H and O–H groups in total. The van der Waals surface area contributed by atoms with Gasteiger partial charge in [-0.2, -0.15) is 13.2 Å². The lowest BCUT2D eigenvalue weighted by Crippen LogP contribution is -2.29. The average Bonchev–Trinajstić information content (AvgIpc) is 2.64. The molecule has 108 valence electrons. The van der Waals surface area contributed by atoms with Crippen LogP contribution in [-0.4, -0.2) is 33.1 Å². The molecule has 1 rings (SSSR count). The second kappa shape index (κ2) is 6.13. The van der Waals surface area contributed by atoms with E-state index in [0.717, 1.165) is 11.8 Å². The normalized spacial score (nSPS) is 11.9. The van der Waals surface area contributed by atoms with Crippen molar-refractivity contribution in [1.29, 1.82) is 0 Å². The summed E-state index contributed by atoms with van der Waals surface area (Å²) in [5, 5.41) is 8.72. The molecule has 10 heteroatoms. The number of halogens is 3. The molecule has 0 aromatic carbocycles. The van der Waals surface area contributed by atoms with Gasteiger partial charge in [0, 0.05) is 6.54 Å². The molecule has 1 aromatic rings. The van der Waals surface area contributed by atoms with E-state index in [1.165, 1.54) is 0 Å². The summed E-state index contributed by atoms with van der Waals surface area (Å²) in [5.41, 5.74) is 0. The van der Waals surface area contributed by atoms with Gasteiger partial charge in [0.05, 0.1) is 5.75 Å². The number of carbonyl (C=O) groups is 1. The molecule has 0 unspecified atom stereocenters. The molecule has 0 saturated heterocycles. The molecule has 0 saturated carbocycles. The molecule has 1 heterocycles. The third-order valence-electron chi connectivity index (χ3n) is 1.96. The fraction of sp³-hybridized carbons (Fsp3) is 0.667. The Morgan fingerprint density at radius 3 is 2.58 bits per heavy atom. The molecule has 0 aliphatic rings. The van der Waals surface area contributed by atoms with Crippen molar-refractivity contribution >= 4 is 17.7 Å². The molecule has 1 amide bonds. The van der Waals surface area contributed by atoms with Crippen LogP contribution < -0.4 is 11.2 Å². The maximum Gasteiger partial charge on any atom is 0.453 e. The first-order valence-corrected chi connectivity index (χ1v) is 6.37. The van der Waals surface area contributed by atoms with Crippen LogP contribution in [0.3, 0.4) is 0 Å². The third-order valence-corrected chi connectivity index (χ3v) is 2.90. The van der Waals surface area contributed by atoms with Gasteiger partial charge in [-0.3, -0.25) is 4.79 Å². The summed E-state index contributed by atoms with van der Waals surface area (Å²) in [4.78, 5) is 11.4. The quantitative estimate of drug-likeness (QED) is 0.622. The number of nitrogens with two attached hydrogens (primary N) is 1. The van der Waals surface area contributed by atoms with Crippen molar-refractivity contribution in [2.24, 2.45) is 5.92 Å². The van der Waals surface area contributed by atoms with Gasteiger partial charge in [-0.25, -0.2) is 4.68 Å². The molecule has 0 spiro atoms. The van der Waals surface area contributed by atoms with Crippen LogP contribution in [0.2, 0.25) is 0 Å². The third kappa shape index (κ3) is 4.62. The molecule has 0 bridgehead atoms. The van der Waals surface area contributed by atoms with Gasteiger partial charge in [0.15, 0.2) is 0 Å². The Morgan fingerprint density at radius 1 is 1.47 bits per heavy atom. The van der Waals surface area contributed by atoms with Gasteiger partial charge in [-0.05, 0) is 5.92 Å². The summed E-state index contributed by atoms with van der Waals surface area (Å²) in [7, 11) is 0. The number of nitrogen functional groups attached to an aromatic ring is 1. The second-order valence-electron chi connectivity index (χ2n) is 4.16. The first-order chi connectivity index (χ1) is 8.71. The molecule has 1 aromatic heterocycles. The van der Waals surface area contributed by atoms with Gasteiger partial charge in [-0.15, -0.1) is 10.2 Å². The lowest BCUT2D eigenvalue weighted by Gasteiger charge is -2.07. The van der Waals surface area contributed by atoms with E-state index in [9.17, 15) is 18.0 Å². The smallest absolute Gasteiger partial charge is 0.355 e. The van der Waals surface area contributed by atoms with E-state index in [4.69, 9.17) is 5.84 Å². The summed E-state index contributed by atoms with van der Waals surface area (Å²) in [6, 6.07) is 0. The molecule has 6 nitrogen and oxygen atoms in total. The zero-order valence-electron chi connectivity index (χ0n) is 10.4. The number of nitrogens with zero attached hydrogens (tertiary/aromatic N) is 3. The van der Waals surface area contributed by atoms with Crippen molar-refractivity contribution in [3.63, 3.8) is 0 Å². The van der Waals surface area contributed by atoms with Crippen LogP contribution in [0.4, 0.5) is 13.2 Å². The Hall–Kier alpha value is -1.45. The van der Waals surface area contributed by atoms with Crippen LogP contribution in [-0.2, 0) is 11.0 Å². The van der Waals surface area contributed by atoms with Crippen LogP contribution in [0.1, 0.15) is 19.7 Å². The van der Waals surface area contributed by atoms with Crippen molar-refractivity contribution in [1.82, 2.24) is 20.2 Å². The maximum absolute atomic E-state index is 12.4. The Kier molecular flexibility index (Phi) is 5.04. The van der Waals surface area contributed by atoms with Gasteiger partial charge < -0.3 is 11.2 Å². The molecule has 0 atom stereocenters. The molecular formula is C9H14F3N5OS. The van der Waals surface area contributed by atoms with E-state index in [-0.39, 0.29) is 16.8 Å². The minimum absolute atomic E-state index is 0.0695. The van der Waals surface area contributed by atoms with Gasteiger partial charge in [0.1, 0.15) is 0 Å². The first kappa shape index (κ1) is 15.6.